The molecule has 0 atom stereocenters. The number of rotatable bonds is 5. The normalized spacial score (nSPS) is 10.8. The van der Waals surface area contributed by atoms with Gasteiger partial charge in [0.15, 0.2) is 5.78 Å². The van der Waals surface area contributed by atoms with Crippen molar-refractivity contribution in [1.29, 1.82) is 0 Å². The van der Waals surface area contributed by atoms with Crippen molar-refractivity contribution >= 4 is 34.0 Å². The predicted molar refractivity (Wildman–Crippen MR) is 84.9 cm³/mol. The number of carbonyl (C=O) groups excluding carboxylic acids is 1. The third kappa shape index (κ3) is 3.07. The summed E-state index contributed by atoms with van der Waals surface area (Å²) in [6.45, 7) is 1.02. The number of aromatic nitrogens is 3. The van der Waals surface area contributed by atoms with Crippen LogP contribution in [-0.2, 0) is 11.3 Å². The van der Waals surface area contributed by atoms with Gasteiger partial charge in [-0.25, -0.2) is 4.39 Å². The van der Waals surface area contributed by atoms with E-state index >= 15 is 0 Å². The third-order valence-corrected chi connectivity index (χ3v) is 3.36. The molecule has 0 radical (unpaired) electrons. The highest BCUT2D eigenvalue weighted by Gasteiger charge is 2.16. The molecule has 0 fully saturated rings. The Balaban J connectivity index is 2.04. The number of fused-ring (bicyclic) bond motifs is 1. The average Bonchev–Trinajstić information content (AvgIpc) is 2.85. The number of hydrogen-bond acceptors (Lipinski definition) is 5. The maximum atomic E-state index is 13.2. The summed E-state index contributed by atoms with van der Waals surface area (Å²) in [7, 11) is 0. The van der Waals surface area contributed by atoms with Crippen LogP contribution >= 0.6 is 0 Å². The highest BCUT2D eigenvalue weighted by molar-refractivity contribution is 6.05. The fraction of sp³-hybridized carbons (Fsp3) is 0.125. The van der Waals surface area contributed by atoms with Crippen molar-refractivity contribution in [3.8, 4) is 0 Å². The smallest absolute Gasteiger partial charge is 0.325 e. The van der Waals surface area contributed by atoms with Crippen molar-refractivity contribution in [3.05, 3.63) is 48.2 Å². The van der Waals surface area contributed by atoms with Gasteiger partial charge < -0.3 is 10.4 Å². The Bertz CT molecular complexity index is 952. The van der Waals surface area contributed by atoms with Crippen molar-refractivity contribution in [2.75, 3.05) is 5.32 Å². The minimum atomic E-state index is -1.05. The van der Waals surface area contributed by atoms with Crippen LogP contribution in [0, 0.1) is 5.82 Å². The van der Waals surface area contributed by atoms with Gasteiger partial charge in [-0.3, -0.25) is 19.3 Å². The first-order chi connectivity index (χ1) is 11.4. The standard InChI is InChI=1S/C16H13FN4O3/c1-9(22)16-13-5-11(19-12-4-10(17)6-18-7-12)2-3-14(13)21(20-16)8-15(23)24/h2-7,19H,8H2,1H3,(H,23,24). The van der Waals surface area contributed by atoms with E-state index in [1.165, 1.54) is 23.9 Å². The molecule has 2 heterocycles. The van der Waals surface area contributed by atoms with Gasteiger partial charge >= 0.3 is 5.97 Å². The van der Waals surface area contributed by atoms with Gasteiger partial charge in [0, 0.05) is 24.1 Å². The molecule has 3 rings (SSSR count). The lowest BCUT2D eigenvalue weighted by molar-refractivity contribution is -0.137. The van der Waals surface area contributed by atoms with E-state index in [0.29, 0.717) is 22.3 Å². The van der Waals surface area contributed by atoms with Crippen molar-refractivity contribution in [2.45, 2.75) is 13.5 Å². The average molecular weight is 328 g/mol. The Labute approximate surface area is 135 Å². The van der Waals surface area contributed by atoms with Gasteiger partial charge in [0.05, 0.1) is 23.6 Å². The summed E-state index contributed by atoms with van der Waals surface area (Å²) < 4.78 is 14.5. The Morgan fingerprint density at radius 3 is 2.71 bits per heavy atom. The van der Waals surface area contributed by atoms with E-state index in [-0.39, 0.29) is 18.0 Å². The fourth-order valence-corrected chi connectivity index (χ4v) is 2.41. The van der Waals surface area contributed by atoms with E-state index in [4.69, 9.17) is 5.11 Å². The van der Waals surface area contributed by atoms with Gasteiger partial charge in [0.25, 0.3) is 0 Å². The van der Waals surface area contributed by atoms with Crippen LogP contribution in [0.5, 0.6) is 0 Å². The second-order valence-corrected chi connectivity index (χ2v) is 5.20. The van der Waals surface area contributed by atoms with Crippen LogP contribution in [0.25, 0.3) is 10.9 Å². The van der Waals surface area contributed by atoms with E-state index < -0.39 is 11.8 Å². The topological polar surface area (TPSA) is 97.1 Å². The molecule has 0 amide bonds. The second-order valence-electron chi connectivity index (χ2n) is 5.20. The van der Waals surface area contributed by atoms with Crippen molar-refractivity contribution < 1.29 is 19.1 Å². The number of aliphatic carboxylic acids is 1. The van der Waals surface area contributed by atoms with Crippen LogP contribution < -0.4 is 5.32 Å². The molecule has 24 heavy (non-hydrogen) atoms. The van der Waals surface area contributed by atoms with Crippen LogP contribution in [0.2, 0.25) is 0 Å². The first-order valence-electron chi connectivity index (χ1n) is 7.05. The molecule has 8 heteroatoms. The monoisotopic (exact) mass is 328 g/mol. The van der Waals surface area contributed by atoms with Crippen LogP contribution in [0.1, 0.15) is 17.4 Å². The number of carboxylic acid groups (broad SMARTS) is 1. The van der Waals surface area contributed by atoms with Crippen molar-refractivity contribution in [1.82, 2.24) is 14.8 Å². The van der Waals surface area contributed by atoms with E-state index in [0.717, 1.165) is 6.20 Å². The van der Waals surface area contributed by atoms with Crippen LogP contribution in [0.15, 0.2) is 36.7 Å². The van der Waals surface area contributed by atoms with Crippen molar-refractivity contribution in [2.24, 2.45) is 0 Å². The van der Waals surface area contributed by atoms with E-state index in [1.54, 1.807) is 18.2 Å². The Hall–Kier alpha value is -3.29. The molecule has 0 bridgehead atoms. The zero-order chi connectivity index (χ0) is 17.3. The van der Waals surface area contributed by atoms with Gasteiger partial charge in [-0.05, 0) is 18.2 Å². The number of carbonyl (C=O) groups is 2. The SMILES string of the molecule is CC(=O)c1nn(CC(=O)O)c2ccc(Nc3cncc(F)c3)cc12. The number of pyridine rings is 1. The Morgan fingerprint density at radius 1 is 1.25 bits per heavy atom. The summed E-state index contributed by atoms with van der Waals surface area (Å²) in [4.78, 5) is 26.5. The van der Waals surface area contributed by atoms with Gasteiger partial charge in [-0.2, -0.15) is 5.10 Å². The number of Topliss-reactive ketones (excluding diaryl/α,β-unsaturated/α-hetero) is 1. The number of carboxylic acids is 1. The Morgan fingerprint density at radius 2 is 2.04 bits per heavy atom. The highest BCUT2D eigenvalue weighted by atomic mass is 19.1. The molecule has 122 valence electrons. The molecule has 0 aliphatic heterocycles. The number of nitrogens with zero attached hydrogens (tertiary/aromatic N) is 3. The number of hydrogen-bond donors (Lipinski definition) is 2. The number of halogens is 1. The molecule has 0 aliphatic carbocycles. The first kappa shape index (κ1) is 15.6. The van der Waals surface area contributed by atoms with Crippen LogP contribution in [0.4, 0.5) is 15.8 Å². The predicted octanol–water partition coefficient (Wildman–Crippen LogP) is 2.60. The van der Waals surface area contributed by atoms with Gasteiger partial charge in [0.2, 0.25) is 0 Å². The number of anilines is 2. The minimum Gasteiger partial charge on any atom is -0.480 e. The van der Waals surface area contributed by atoms with Crippen LogP contribution in [-0.4, -0.2) is 31.6 Å². The lowest BCUT2D eigenvalue weighted by Crippen LogP contribution is -2.10. The fourth-order valence-electron chi connectivity index (χ4n) is 2.41. The summed E-state index contributed by atoms with van der Waals surface area (Å²) in [5, 5.41) is 16.5. The number of nitrogens with one attached hydrogen (secondary N) is 1. The summed E-state index contributed by atoms with van der Waals surface area (Å²) in [6, 6.07) is 6.31. The molecule has 0 saturated carbocycles. The zero-order valence-electron chi connectivity index (χ0n) is 12.7. The quantitative estimate of drug-likeness (QED) is 0.699. The summed E-state index contributed by atoms with van der Waals surface area (Å²) in [6.07, 6.45) is 2.56. The molecule has 0 aliphatic rings. The molecule has 0 spiro atoms. The minimum absolute atomic E-state index is 0.187. The molecule has 2 aromatic heterocycles. The molecular weight excluding hydrogens is 315 g/mol. The van der Waals surface area contributed by atoms with Crippen molar-refractivity contribution in [3.63, 3.8) is 0 Å². The van der Waals surface area contributed by atoms with E-state index in [2.05, 4.69) is 15.4 Å². The second kappa shape index (κ2) is 6.07. The van der Waals surface area contributed by atoms with Gasteiger partial charge in [-0.1, -0.05) is 0 Å². The molecule has 3 aromatic rings. The lowest BCUT2D eigenvalue weighted by Gasteiger charge is -2.06. The summed E-state index contributed by atoms with van der Waals surface area (Å²) in [5.74, 6) is -1.80. The number of ketones is 1. The first-order valence-corrected chi connectivity index (χ1v) is 7.05. The number of benzene rings is 1. The lowest BCUT2D eigenvalue weighted by atomic mass is 10.1. The zero-order valence-corrected chi connectivity index (χ0v) is 12.7. The highest BCUT2D eigenvalue weighted by Crippen LogP contribution is 2.25. The van der Waals surface area contributed by atoms with E-state index in [9.17, 15) is 14.0 Å². The third-order valence-electron chi connectivity index (χ3n) is 3.36. The molecule has 1 aromatic carbocycles. The van der Waals surface area contributed by atoms with E-state index in [1.807, 2.05) is 0 Å². The molecule has 2 N–H and O–H groups in total. The molecular formula is C16H13FN4O3. The Kier molecular flexibility index (Phi) is 3.95. The molecule has 0 saturated heterocycles. The van der Waals surface area contributed by atoms with Crippen LogP contribution in [0.3, 0.4) is 0 Å². The maximum absolute atomic E-state index is 13.2. The summed E-state index contributed by atoms with van der Waals surface area (Å²) >= 11 is 0. The summed E-state index contributed by atoms with van der Waals surface area (Å²) in [5.41, 5.74) is 1.78. The van der Waals surface area contributed by atoms with Gasteiger partial charge in [-0.15, -0.1) is 0 Å². The maximum Gasteiger partial charge on any atom is 0.325 e. The van der Waals surface area contributed by atoms with Gasteiger partial charge in [0.1, 0.15) is 18.1 Å². The largest absolute Gasteiger partial charge is 0.480 e. The molecule has 0 unspecified atom stereocenters. The molecule has 7 nitrogen and oxygen atoms in total.